The molecule has 126 valence electrons. The monoisotopic (exact) mass is 314 g/mol. The zero-order valence-corrected chi connectivity index (χ0v) is 16.4. The summed E-state index contributed by atoms with van der Waals surface area (Å²) in [6.07, 6.45) is 8.83. The third-order valence-corrected chi connectivity index (χ3v) is 10.6. The SMILES string of the molecule is CCCCCC(O)C/C=C\O[Si](C(C)C)(C(C)C)C(C)C. The molecule has 21 heavy (non-hydrogen) atoms. The van der Waals surface area contributed by atoms with E-state index in [4.69, 9.17) is 4.43 Å². The van der Waals surface area contributed by atoms with Crippen molar-refractivity contribution in [2.75, 3.05) is 0 Å². The second-order valence-electron chi connectivity index (χ2n) is 7.19. The minimum atomic E-state index is -1.80. The molecule has 2 nitrogen and oxygen atoms in total. The number of hydrogen-bond donors (Lipinski definition) is 1. The maximum atomic E-state index is 9.94. The summed E-state index contributed by atoms with van der Waals surface area (Å²) in [6.45, 7) is 15.9. The van der Waals surface area contributed by atoms with Crippen LogP contribution in [0.2, 0.25) is 16.6 Å². The first-order chi connectivity index (χ1) is 9.78. The second-order valence-corrected chi connectivity index (χ2v) is 12.6. The molecule has 1 N–H and O–H groups in total. The molecule has 3 heteroatoms. The van der Waals surface area contributed by atoms with Crippen LogP contribution in [0.25, 0.3) is 0 Å². The fourth-order valence-electron chi connectivity index (χ4n) is 3.53. The molecule has 0 saturated heterocycles. The van der Waals surface area contributed by atoms with Crippen LogP contribution >= 0.6 is 0 Å². The molecule has 0 radical (unpaired) electrons. The van der Waals surface area contributed by atoms with Gasteiger partial charge in [0.25, 0.3) is 8.32 Å². The highest BCUT2D eigenvalue weighted by Gasteiger charge is 2.46. The van der Waals surface area contributed by atoms with E-state index in [9.17, 15) is 5.11 Å². The maximum absolute atomic E-state index is 9.94. The molecule has 0 amide bonds. The Morgan fingerprint density at radius 2 is 1.48 bits per heavy atom. The van der Waals surface area contributed by atoms with Gasteiger partial charge in [0.2, 0.25) is 0 Å². The zero-order chi connectivity index (χ0) is 16.5. The van der Waals surface area contributed by atoms with Crippen molar-refractivity contribution in [2.45, 2.75) is 103 Å². The highest BCUT2D eigenvalue weighted by molar-refractivity contribution is 6.77. The Morgan fingerprint density at radius 3 is 1.90 bits per heavy atom. The summed E-state index contributed by atoms with van der Waals surface area (Å²) >= 11 is 0. The molecular formula is C18H38O2Si. The van der Waals surface area contributed by atoms with E-state index in [0.717, 1.165) is 12.8 Å². The summed E-state index contributed by atoms with van der Waals surface area (Å²) < 4.78 is 6.34. The number of rotatable bonds is 11. The van der Waals surface area contributed by atoms with Gasteiger partial charge < -0.3 is 9.53 Å². The number of aliphatic hydroxyl groups is 1. The minimum absolute atomic E-state index is 0.218. The lowest BCUT2D eigenvalue weighted by atomic mass is 10.1. The minimum Gasteiger partial charge on any atom is -0.548 e. The van der Waals surface area contributed by atoms with E-state index in [1.165, 1.54) is 12.8 Å². The zero-order valence-electron chi connectivity index (χ0n) is 15.4. The Balaban J connectivity index is 4.46. The van der Waals surface area contributed by atoms with Crippen molar-refractivity contribution in [1.82, 2.24) is 0 Å². The smallest absolute Gasteiger partial charge is 0.257 e. The van der Waals surface area contributed by atoms with Crippen LogP contribution < -0.4 is 0 Å². The van der Waals surface area contributed by atoms with Crippen LogP contribution in [0.5, 0.6) is 0 Å². The summed E-state index contributed by atoms with van der Waals surface area (Å²) in [4.78, 5) is 0. The molecule has 0 saturated carbocycles. The van der Waals surface area contributed by atoms with Gasteiger partial charge in [0.05, 0.1) is 12.4 Å². The van der Waals surface area contributed by atoms with Crippen LogP contribution in [0, 0.1) is 0 Å². The predicted molar refractivity (Wildman–Crippen MR) is 96.0 cm³/mol. The van der Waals surface area contributed by atoms with E-state index in [-0.39, 0.29) is 6.10 Å². The molecule has 0 rings (SSSR count). The number of aliphatic hydroxyl groups excluding tert-OH is 1. The van der Waals surface area contributed by atoms with Gasteiger partial charge in [-0.1, -0.05) is 67.7 Å². The third-order valence-electron chi connectivity index (χ3n) is 4.62. The van der Waals surface area contributed by atoms with Gasteiger partial charge in [-0.15, -0.1) is 0 Å². The van der Waals surface area contributed by atoms with Crippen molar-refractivity contribution < 1.29 is 9.53 Å². The Labute approximate surface area is 134 Å². The summed E-state index contributed by atoms with van der Waals surface area (Å²) in [6, 6.07) is 0. The highest BCUT2D eigenvalue weighted by atomic mass is 28.4. The second kappa shape index (κ2) is 10.4. The quantitative estimate of drug-likeness (QED) is 0.287. The topological polar surface area (TPSA) is 29.5 Å². The van der Waals surface area contributed by atoms with Gasteiger partial charge in [-0.2, -0.15) is 0 Å². The van der Waals surface area contributed by atoms with Crippen molar-refractivity contribution in [3.05, 3.63) is 12.3 Å². The molecule has 0 bridgehead atoms. The molecule has 0 heterocycles. The summed E-state index contributed by atoms with van der Waals surface area (Å²) in [5.74, 6) is 0. The van der Waals surface area contributed by atoms with Crippen LogP contribution in [0.3, 0.4) is 0 Å². The highest BCUT2D eigenvalue weighted by Crippen LogP contribution is 2.42. The molecular weight excluding hydrogens is 276 g/mol. The van der Waals surface area contributed by atoms with Crippen LogP contribution in [-0.2, 0) is 4.43 Å². The van der Waals surface area contributed by atoms with E-state index in [2.05, 4.69) is 48.5 Å². The maximum Gasteiger partial charge on any atom is 0.257 e. The predicted octanol–water partition coefficient (Wildman–Crippen LogP) is 6.02. The molecule has 0 spiro atoms. The van der Waals surface area contributed by atoms with Crippen molar-refractivity contribution >= 4 is 8.32 Å². The lowest BCUT2D eigenvalue weighted by Crippen LogP contribution is -2.46. The van der Waals surface area contributed by atoms with Gasteiger partial charge in [-0.3, -0.25) is 0 Å². The summed E-state index contributed by atoms with van der Waals surface area (Å²) in [5, 5.41) is 9.94. The fraction of sp³-hybridized carbons (Fsp3) is 0.889. The Bertz CT molecular complexity index is 263. The molecule has 0 fully saturated rings. The molecule has 0 aromatic carbocycles. The van der Waals surface area contributed by atoms with Gasteiger partial charge in [-0.05, 0) is 35.5 Å². The van der Waals surface area contributed by atoms with Gasteiger partial charge in [0.15, 0.2) is 0 Å². The number of unbranched alkanes of at least 4 members (excludes halogenated alkanes) is 2. The van der Waals surface area contributed by atoms with Crippen LogP contribution in [-0.4, -0.2) is 19.5 Å². The van der Waals surface area contributed by atoms with E-state index >= 15 is 0 Å². The fourth-order valence-corrected chi connectivity index (χ4v) is 8.68. The largest absolute Gasteiger partial charge is 0.548 e. The van der Waals surface area contributed by atoms with Crippen LogP contribution in [0.1, 0.15) is 80.6 Å². The average Bonchev–Trinajstić information content (AvgIpc) is 2.37. The molecule has 0 aliphatic rings. The van der Waals surface area contributed by atoms with Crippen molar-refractivity contribution in [3.8, 4) is 0 Å². The van der Waals surface area contributed by atoms with Crippen molar-refractivity contribution in [1.29, 1.82) is 0 Å². The summed E-state index contributed by atoms with van der Waals surface area (Å²) in [7, 11) is -1.80. The third kappa shape index (κ3) is 6.56. The van der Waals surface area contributed by atoms with E-state index < -0.39 is 8.32 Å². The molecule has 0 aromatic heterocycles. The molecule has 0 aliphatic heterocycles. The average molecular weight is 315 g/mol. The molecule has 0 aromatic rings. The Hall–Kier alpha value is -0.283. The molecule has 1 atom stereocenters. The van der Waals surface area contributed by atoms with Crippen LogP contribution in [0.15, 0.2) is 12.3 Å². The van der Waals surface area contributed by atoms with E-state index in [1.54, 1.807) is 0 Å². The van der Waals surface area contributed by atoms with Gasteiger partial charge >= 0.3 is 0 Å². The Kier molecular flexibility index (Phi) is 10.3. The van der Waals surface area contributed by atoms with Crippen LogP contribution in [0.4, 0.5) is 0 Å². The number of hydrogen-bond acceptors (Lipinski definition) is 2. The first-order valence-electron chi connectivity index (χ1n) is 8.79. The van der Waals surface area contributed by atoms with Crippen molar-refractivity contribution in [2.24, 2.45) is 0 Å². The standard InChI is InChI=1S/C18H38O2Si/c1-8-9-10-12-18(19)13-11-14-20-21(15(2)3,16(4)5)17(6)7/h11,14-19H,8-10,12-13H2,1-7H3/b14-11-. The first-order valence-corrected chi connectivity index (χ1v) is 10.9. The van der Waals surface area contributed by atoms with E-state index in [1.807, 2.05) is 12.3 Å². The lowest BCUT2D eigenvalue weighted by molar-refractivity contribution is 0.163. The summed E-state index contributed by atoms with van der Waals surface area (Å²) in [5.41, 5.74) is 1.78. The molecule has 1 unspecified atom stereocenters. The van der Waals surface area contributed by atoms with E-state index in [0.29, 0.717) is 23.0 Å². The van der Waals surface area contributed by atoms with Gasteiger partial charge in [-0.25, -0.2) is 0 Å². The normalized spacial score (nSPS) is 14.6. The first kappa shape index (κ1) is 20.7. The van der Waals surface area contributed by atoms with Crippen molar-refractivity contribution in [3.63, 3.8) is 0 Å². The molecule has 0 aliphatic carbocycles. The Morgan fingerprint density at radius 1 is 0.952 bits per heavy atom. The van der Waals surface area contributed by atoms with Gasteiger partial charge in [0, 0.05) is 0 Å². The lowest BCUT2D eigenvalue weighted by Gasteiger charge is -2.41. The van der Waals surface area contributed by atoms with Gasteiger partial charge in [0.1, 0.15) is 0 Å².